The van der Waals surface area contributed by atoms with E-state index < -0.39 is 0 Å². The van der Waals surface area contributed by atoms with Crippen molar-refractivity contribution in [2.75, 3.05) is 31.1 Å². The van der Waals surface area contributed by atoms with Gasteiger partial charge in [-0.05, 0) is 77.1 Å². The first-order valence-corrected chi connectivity index (χ1v) is 8.37. The molecule has 116 valence electrons. The van der Waals surface area contributed by atoms with Gasteiger partial charge < -0.3 is 9.80 Å². The minimum Gasteiger partial charge on any atom is -0.355 e. The van der Waals surface area contributed by atoms with E-state index in [1.54, 1.807) is 0 Å². The van der Waals surface area contributed by atoms with Gasteiger partial charge in [0.2, 0.25) is 0 Å². The topological polar surface area (TPSA) is 32.3 Å². The average Bonchev–Trinajstić information content (AvgIpc) is 2.48. The summed E-state index contributed by atoms with van der Waals surface area (Å²) in [6.45, 7) is 11.4. The minimum atomic E-state index is 0.510. The van der Waals surface area contributed by atoms with Crippen LogP contribution >= 0.6 is 0 Å². The Bertz CT molecular complexity index is 460. The third-order valence-electron chi connectivity index (χ3n) is 5.36. The molecule has 0 radical (unpaired) electrons. The van der Waals surface area contributed by atoms with E-state index in [-0.39, 0.29) is 0 Å². The zero-order valence-corrected chi connectivity index (χ0v) is 13.7. The van der Waals surface area contributed by atoms with Crippen molar-refractivity contribution in [2.45, 2.75) is 52.5 Å². The van der Waals surface area contributed by atoms with Crippen molar-refractivity contribution in [2.24, 2.45) is 5.41 Å². The summed E-state index contributed by atoms with van der Waals surface area (Å²) < 4.78 is 0. The fourth-order valence-corrected chi connectivity index (χ4v) is 3.89. The first-order chi connectivity index (χ1) is 10.1. The first-order valence-electron chi connectivity index (χ1n) is 8.37. The Balaban J connectivity index is 1.67. The summed E-state index contributed by atoms with van der Waals surface area (Å²) in [4.78, 5) is 5.08. The maximum atomic E-state index is 4.39. The molecule has 0 aromatic carbocycles. The molecule has 4 heteroatoms. The van der Waals surface area contributed by atoms with Gasteiger partial charge in [0.1, 0.15) is 0 Å². The van der Waals surface area contributed by atoms with Crippen LogP contribution in [0.3, 0.4) is 0 Å². The van der Waals surface area contributed by atoms with Crippen molar-refractivity contribution in [3.63, 3.8) is 0 Å². The van der Waals surface area contributed by atoms with E-state index in [2.05, 4.69) is 46.0 Å². The second-order valence-corrected chi connectivity index (χ2v) is 7.19. The Hall–Kier alpha value is -1.16. The predicted octanol–water partition coefficient (Wildman–Crippen LogP) is 2.88. The molecule has 2 saturated heterocycles. The number of nitrogens with zero attached hydrogens (tertiary/aromatic N) is 4. The summed E-state index contributed by atoms with van der Waals surface area (Å²) in [5.74, 6) is 1.06. The van der Waals surface area contributed by atoms with E-state index in [0.717, 1.165) is 24.6 Å². The summed E-state index contributed by atoms with van der Waals surface area (Å²) in [5, 5.41) is 8.61. The van der Waals surface area contributed by atoms with Crippen molar-refractivity contribution >= 4 is 5.82 Å². The number of rotatable bonds is 2. The lowest BCUT2D eigenvalue weighted by atomic mass is 9.72. The van der Waals surface area contributed by atoms with Crippen molar-refractivity contribution in [3.8, 4) is 0 Å². The van der Waals surface area contributed by atoms with Crippen LogP contribution in [-0.4, -0.2) is 47.3 Å². The van der Waals surface area contributed by atoms with Gasteiger partial charge in [0.05, 0.1) is 5.69 Å². The van der Waals surface area contributed by atoms with Crippen molar-refractivity contribution < 1.29 is 0 Å². The van der Waals surface area contributed by atoms with E-state index in [4.69, 9.17) is 0 Å². The lowest BCUT2D eigenvalue weighted by molar-refractivity contribution is 0.0701. The highest BCUT2D eigenvalue weighted by molar-refractivity contribution is 5.38. The number of piperidine rings is 2. The summed E-state index contributed by atoms with van der Waals surface area (Å²) in [6, 6.07) is 4.89. The molecule has 0 aliphatic carbocycles. The molecule has 1 aromatic heterocycles. The van der Waals surface area contributed by atoms with E-state index in [1.165, 1.54) is 38.8 Å². The molecule has 2 fully saturated rings. The molecular formula is C17H28N4. The van der Waals surface area contributed by atoms with Gasteiger partial charge in [-0.2, -0.15) is 5.10 Å². The molecule has 0 saturated carbocycles. The number of aromatic nitrogens is 2. The Labute approximate surface area is 128 Å². The summed E-state index contributed by atoms with van der Waals surface area (Å²) in [7, 11) is 0. The normalized spacial score (nSPS) is 23.0. The van der Waals surface area contributed by atoms with Crippen molar-refractivity contribution in [3.05, 3.63) is 17.8 Å². The van der Waals surface area contributed by atoms with Gasteiger partial charge in [-0.25, -0.2) is 0 Å². The minimum absolute atomic E-state index is 0.510. The molecule has 1 aromatic rings. The van der Waals surface area contributed by atoms with Crippen LogP contribution in [0.5, 0.6) is 0 Å². The molecule has 0 bridgehead atoms. The lowest BCUT2D eigenvalue weighted by Crippen LogP contribution is -2.51. The number of hydrogen-bond acceptors (Lipinski definition) is 4. The van der Waals surface area contributed by atoms with Crippen molar-refractivity contribution in [1.29, 1.82) is 0 Å². The van der Waals surface area contributed by atoms with Crippen LogP contribution in [0.4, 0.5) is 5.82 Å². The maximum absolute atomic E-state index is 4.39. The molecule has 3 heterocycles. The zero-order chi connectivity index (χ0) is 14.9. The zero-order valence-electron chi connectivity index (χ0n) is 13.7. The highest BCUT2D eigenvalue weighted by Crippen LogP contribution is 2.41. The summed E-state index contributed by atoms with van der Waals surface area (Å²) >= 11 is 0. The summed E-state index contributed by atoms with van der Waals surface area (Å²) in [6.07, 6.45) is 5.34. The van der Waals surface area contributed by atoms with Gasteiger partial charge in [0.25, 0.3) is 0 Å². The van der Waals surface area contributed by atoms with E-state index >= 15 is 0 Å². The van der Waals surface area contributed by atoms with Crippen molar-refractivity contribution in [1.82, 2.24) is 15.1 Å². The quantitative estimate of drug-likeness (QED) is 0.837. The Kier molecular flexibility index (Phi) is 4.16. The molecule has 2 aliphatic heterocycles. The lowest BCUT2D eigenvalue weighted by Gasteiger charge is -2.48. The van der Waals surface area contributed by atoms with E-state index in [9.17, 15) is 0 Å². The van der Waals surface area contributed by atoms with Gasteiger partial charge in [0, 0.05) is 19.1 Å². The fraction of sp³-hybridized carbons (Fsp3) is 0.765. The largest absolute Gasteiger partial charge is 0.355 e. The van der Waals surface area contributed by atoms with Gasteiger partial charge in [0.15, 0.2) is 5.82 Å². The molecule has 1 spiro atoms. The van der Waals surface area contributed by atoms with Crippen LogP contribution in [0.1, 0.15) is 45.2 Å². The van der Waals surface area contributed by atoms with E-state index in [1.807, 2.05) is 6.92 Å². The number of aryl methyl sites for hydroxylation is 1. The van der Waals surface area contributed by atoms with Crippen LogP contribution in [0.25, 0.3) is 0 Å². The molecule has 0 unspecified atom stereocenters. The molecule has 4 nitrogen and oxygen atoms in total. The molecule has 0 atom stereocenters. The molecule has 0 amide bonds. The van der Waals surface area contributed by atoms with Gasteiger partial charge >= 0.3 is 0 Å². The molecule has 0 N–H and O–H groups in total. The smallest absolute Gasteiger partial charge is 0.151 e. The van der Waals surface area contributed by atoms with Gasteiger partial charge in [-0.1, -0.05) is 0 Å². The second kappa shape index (κ2) is 5.91. The molecule has 3 rings (SSSR count). The monoisotopic (exact) mass is 288 g/mol. The highest BCUT2D eigenvalue weighted by atomic mass is 15.3. The number of hydrogen-bond donors (Lipinski definition) is 0. The van der Waals surface area contributed by atoms with Gasteiger partial charge in [-0.15, -0.1) is 5.10 Å². The van der Waals surface area contributed by atoms with E-state index in [0.29, 0.717) is 11.5 Å². The molecular weight excluding hydrogens is 260 g/mol. The maximum Gasteiger partial charge on any atom is 0.151 e. The first kappa shape index (κ1) is 14.8. The molecule has 2 aliphatic rings. The third-order valence-corrected chi connectivity index (χ3v) is 5.36. The average molecular weight is 288 g/mol. The van der Waals surface area contributed by atoms with Gasteiger partial charge in [-0.3, -0.25) is 0 Å². The highest BCUT2D eigenvalue weighted by Gasteiger charge is 2.39. The third kappa shape index (κ3) is 3.20. The van der Waals surface area contributed by atoms with Crippen LogP contribution in [0.15, 0.2) is 12.1 Å². The Morgan fingerprint density at radius 1 is 1.05 bits per heavy atom. The number of anilines is 1. The fourth-order valence-electron chi connectivity index (χ4n) is 3.89. The predicted molar refractivity (Wildman–Crippen MR) is 86.6 cm³/mol. The summed E-state index contributed by atoms with van der Waals surface area (Å²) in [5.41, 5.74) is 1.51. The van der Waals surface area contributed by atoms with Crippen LogP contribution in [-0.2, 0) is 0 Å². The Morgan fingerprint density at radius 3 is 2.43 bits per heavy atom. The Morgan fingerprint density at radius 2 is 1.81 bits per heavy atom. The van der Waals surface area contributed by atoms with Crippen LogP contribution < -0.4 is 4.90 Å². The second-order valence-electron chi connectivity index (χ2n) is 7.19. The number of likely N-dealkylation sites (tertiary alicyclic amines) is 1. The van der Waals surface area contributed by atoms with Crippen LogP contribution in [0, 0.1) is 12.3 Å². The SMILES string of the molecule is Cc1ccc(N2CCCC3(CCN(C(C)C)CC3)C2)nn1. The van der Waals surface area contributed by atoms with Crippen LogP contribution in [0.2, 0.25) is 0 Å². The standard InChI is InChI=1S/C17H28N4/c1-14(2)20-11-8-17(9-12-20)7-4-10-21(13-17)16-6-5-15(3)18-19-16/h5-6,14H,4,7-13H2,1-3H3. The molecule has 21 heavy (non-hydrogen) atoms.